The van der Waals surface area contributed by atoms with Gasteiger partial charge < -0.3 is 0 Å². The van der Waals surface area contributed by atoms with Gasteiger partial charge in [0.2, 0.25) is 0 Å². The molecule has 0 bridgehead atoms. The molecule has 0 saturated heterocycles. The van der Waals surface area contributed by atoms with E-state index in [2.05, 4.69) is 13.8 Å². The lowest BCUT2D eigenvalue weighted by molar-refractivity contribution is -0.0278. The van der Waals surface area contributed by atoms with Crippen LogP contribution in [0.15, 0.2) is 0 Å². The Morgan fingerprint density at radius 3 is 2.00 bits per heavy atom. The van der Waals surface area contributed by atoms with Crippen LogP contribution in [0.1, 0.15) is 110 Å². The zero-order chi connectivity index (χ0) is 15.4. The molecule has 3 fully saturated rings. The molecule has 0 heterocycles. The molecule has 0 heteroatoms. The van der Waals surface area contributed by atoms with Crippen LogP contribution in [0.5, 0.6) is 0 Å². The molecular weight excluding hydrogens is 264 g/mol. The Labute approximate surface area is 139 Å². The third-order valence-electron chi connectivity index (χ3n) is 8.19. The van der Waals surface area contributed by atoms with Crippen molar-refractivity contribution in [1.82, 2.24) is 0 Å². The number of hydrogen-bond acceptors (Lipinski definition) is 0. The second-order valence-corrected chi connectivity index (χ2v) is 9.13. The zero-order valence-electron chi connectivity index (χ0n) is 15.4. The maximum absolute atomic E-state index is 2.61. The van der Waals surface area contributed by atoms with E-state index < -0.39 is 0 Å². The minimum atomic E-state index is 0.732. The van der Waals surface area contributed by atoms with Gasteiger partial charge in [0.05, 0.1) is 0 Å². The first-order valence-electron chi connectivity index (χ1n) is 10.8. The molecule has 3 unspecified atom stereocenters. The summed E-state index contributed by atoms with van der Waals surface area (Å²) in [6, 6.07) is 0. The summed E-state index contributed by atoms with van der Waals surface area (Å²) in [6.45, 7) is 5.07. The van der Waals surface area contributed by atoms with Crippen molar-refractivity contribution >= 4 is 0 Å². The molecule has 0 aliphatic heterocycles. The third-order valence-corrected chi connectivity index (χ3v) is 8.19. The molecule has 3 aliphatic carbocycles. The molecule has 0 aromatic carbocycles. The summed E-state index contributed by atoms with van der Waals surface area (Å²) in [6.07, 6.45) is 23.1. The molecule has 22 heavy (non-hydrogen) atoms. The predicted molar refractivity (Wildman–Crippen MR) is 97.0 cm³/mol. The maximum atomic E-state index is 2.61. The summed E-state index contributed by atoms with van der Waals surface area (Å²) in [5.41, 5.74) is 0.732. The van der Waals surface area contributed by atoms with Crippen LogP contribution in [0.25, 0.3) is 0 Å². The Kier molecular flexibility index (Phi) is 5.91. The average molecular weight is 305 g/mol. The topological polar surface area (TPSA) is 0 Å². The van der Waals surface area contributed by atoms with Gasteiger partial charge in [0.15, 0.2) is 0 Å². The molecule has 128 valence electrons. The fourth-order valence-corrected chi connectivity index (χ4v) is 6.70. The fourth-order valence-electron chi connectivity index (χ4n) is 6.70. The van der Waals surface area contributed by atoms with E-state index >= 15 is 0 Å². The molecule has 3 saturated carbocycles. The van der Waals surface area contributed by atoms with E-state index in [9.17, 15) is 0 Å². The molecule has 0 amide bonds. The largest absolute Gasteiger partial charge is 0.0651 e. The van der Waals surface area contributed by atoms with Gasteiger partial charge in [-0.05, 0) is 54.8 Å². The van der Waals surface area contributed by atoms with Crippen LogP contribution in [0, 0.1) is 29.1 Å². The monoisotopic (exact) mass is 304 g/mol. The Morgan fingerprint density at radius 2 is 1.36 bits per heavy atom. The van der Waals surface area contributed by atoms with Gasteiger partial charge in [-0.3, -0.25) is 0 Å². The van der Waals surface area contributed by atoms with Crippen LogP contribution in [-0.2, 0) is 0 Å². The minimum Gasteiger partial charge on any atom is -0.0651 e. The van der Waals surface area contributed by atoms with E-state index in [-0.39, 0.29) is 0 Å². The first kappa shape index (κ1) is 16.8. The SMILES string of the molecule is CCC(C)C1(C2CCCCC2)CCCC(C2CCCCC2)C1. The Hall–Kier alpha value is 0. The van der Waals surface area contributed by atoms with Crippen LogP contribution < -0.4 is 0 Å². The summed E-state index contributed by atoms with van der Waals surface area (Å²) in [4.78, 5) is 0. The molecule has 0 aromatic heterocycles. The van der Waals surface area contributed by atoms with Crippen molar-refractivity contribution in [2.75, 3.05) is 0 Å². The molecule has 0 nitrogen and oxygen atoms in total. The van der Waals surface area contributed by atoms with Gasteiger partial charge >= 0.3 is 0 Å². The van der Waals surface area contributed by atoms with Gasteiger partial charge in [-0.1, -0.05) is 84.5 Å². The highest BCUT2D eigenvalue weighted by Gasteiger charge is 2.46. The standard InChI is InChI=1S/C22H40/c1-3-18(2)22(21-14-8-5-9-15-21)16-10-13-20(17-22)19-11-6-4-7-12-19/h18-21H,3-17H2,1-2H3. The summed E-state index contributed by atoms with van der Waals surface area (Å²) in [7, 11) is 0. The normalized spacial score (nSPS) is 37.1. The third kappa shape index (κ3) is 3.41. The second-order valence-electron chi connectivity index (χ2n) is 9.13. The van der Waals surface area contributed by atoms with E-state index in [0.29, 0.717) is 0 Å². The predicted octanol–water partition coefficient (Wildman–Crippen LogP) is 7.37. The van der Waals surface area contributed by atoms with Crippen molar-refractivity contribution in [3.8, 4) is 0 Å². The van der Waals surface area contributed by atoms with Crippen molar-refractivity contribution in [2.24, 2.45) is 29.1 Å². The summed E-state index contributed by atoms with van der Waals surface area (Å²) < 4.78 is 0. The molecular formula is C22H40. The van der Waals surface area contributed by atoms with Gasteiger partial charge in [-0.2, -0.15) is 0 Å². The second kappa shape index (κ2) is 7.71. The highest BCUT2D eigenvalue weighted by atomic mass is 14.5. The van der Waals surface area contributed by atoms with Crippen LogP contribution in [-0.4, -0.2) is 0 Å². The van der Waals surface area contributed by atoms with Crippen molar-refractivity contribution < 1.29 is 0 Å². The molecule has 0 spiro atoms. The molecule has 0 aromatic rings. The van der Waals surface area contributed by atoms with Gasteiger partial charge in [0.25, 0.3) is 0 Å². The molecule has 3 rings (SSSR count). The highest BCUT2D eigenvalue weighted by Crippen LogP contribution is 2.57. The number of rotatable bonds is 4. The Balaban J connectivity index is 1.75. The van der Waals surface area contributed by atoms with Gasteiger partial charge in [-0.15, -0.1) is 0 Å². The summed E-state index contributed by atoms with van der Waals surface area (Å²) >= 11 is 0. The molecule has 0 radical (unpaired) electrons. The van der Waals surface area contributed by atoms with E-state index in [0.717, 1.165) is 29.1 Å². The van der Waals surface area contributed by atoms with Gasteiger partial charge in [0.1, 0.15) is 0 Å². The van der Waals surface area contributed by atoms with Crippen molar-refractivity contribution in [3.63, 3.8) is 0 Å². The average Bonchev–Trinajstić information content (AvgIpc) is 2.62. The van der Waals surface area contributed by atoms with Gasteiger partial charge in [-0.25, -0.2) is 0 Å². The van der Waals surface area contributed by atoms with Crippen LogP contribution in [0.2, 0.25) is 0 Å². The van der Waals surface area contributed by atoms with Crippen molar-refractivity contribution in [1.29, 1.82) is 0 Å². The van der Waals surface area contributed by atoms with Crippen molar-refractivity contribution in [2.45, 2.75) is 110 Å². The molecule has 3 atom stereocenters. The maximum Gasteiger partial charge on any atom is -0.0241 e. The van der Waals surface area contributed by atoms with Gasteiger partial charge in [0, 0.05) is 0 Å². The highest BCUT2D eigenvalue weighted by molar-refractivity contribution is 4.97. The lowest BCUT2D eigenvalue weighted by atomic mass is 9.52. The lowest BCUT2D eigenvalue weighted by Crippen LogP contribution is -2.43. The first-order valence-corrected chi connectivity index (χ1v) is 10.8. The first-order chi connectivity index (χ1) is 10.8. The zero-order valence-corrected chi connectivity index (χ0v) is 15.4. The number of hydrogen-bond donors (Lipinski definition) is 0. The Bertz CT molecular complexity index is 321. The fraction of sp³-hybridized carbons (Fsp3) is 1.00. The van der Waals surface area contributed by atoms with E-state index in [1.807, 2.05) is 0 Å². The van der Waals surface area contributed by atoms with E-state index in [4.69, 9.17) is 0 Å². The Morgan fingerprint density at radius 1 is 0.773 bits per heavy atom. The quantitative estimate of drug-likeness (QED) is 0.508. The van der Waals surface area contributed by atoms with Crippen LogP contribution in [0.4, 0.5) is 0 Å². The summed E-state index contributed by atoms with van der Waals surface area (Å²) in [5.74, 6) is 4.22. The van der Waals surface area contributed by atoms with Crippen molar-refractivity contribution in [3.05, 3.63) is 0 Å². The summed E-state index contributed by atoms with van der Waals surface area (Å²) in [5, 5.41) is 0. The van der Waals surface area contributed by atoms with E-state index in [1.165, 1.54) is 44.9 Å². The molecule has 3 aliphatic rings. The lowest BCUT2D eigenvalue weighted by Gasteiger charge is -2.53. The van der Waals surface area contributed by atoms with Crippen LogP contribution in [0.3, 0.4) is 0 Å². The molecule has 0 N–H and O–H groups in total. The van der Waals surface area contributed by atoms with Crippen LogP contribution >= 0.6 is 0 Å². The van der Waals surface area contributed by atoms with E-state index in [1.54, 1.807) is 51.4 Å². The minimum absolute atomic E-state index is 0.732. The smallest absolute Gasteiger partial charge is 0.0241 e.